The van der Waals surface area contributed by atoms with Gasteiger partial charge in [-0.2, -0.15) is 10.2 Å². The molecule has 1 saturated heterocycles. The number of aromatic amines is 1. The Morgan fingerprint density at radius 2 is 1.69 bits per heavy atom. The van der Waals surface area contributed by atoms with Crippen LogP contribution >= 0.6 is 0 Å². The molecule has 0 aliphatic carbocycles. The third-order valence-corrected chi connectivity index (χ3v) is 6.63. The van der Waals surface area contributed by atoms with Gasteiger partial charge in [-0.15, -0.1) is 0 Å². The summed E-state index contributed by atoms with van der Waals surface area (Å²) in [5.74, 6) is 1.29. The van der Waals surface area contributed by atoms with Gasteiger partial charge in [0.15, 0.2) is 0 Å². The van der Waals surface area contributed by atoms with E-state index in [1.165, 1.54) is 0 Å². The maximum Gasteiger partial charge on any atom is 0.272 e. The lowest BCUT2D eigenvalue weighted by molar-refractivity contribution is 0.0741. The first-order valence-electron chi connectivity index (χ1n) is 11.9. The highest BCUT2D eigenvalue weighted by Crippen LogP contribution is 2.33. The molecule has 9 nitrogen and oxygen atoms in total. The third kappa shape index (κ3) is 4.28. The first-order chi connectivity index (χ1) is 17.5. The lowest BCUT2D eigenvalue weighted by atomic mass is 10.1. The lowest BCUT2D eigenvalue weighted by Crippen LogP contribution is -2.49. The molecule has 3 heterocycles. The fourth-order valence-electron chi connectivity index (χ4n) is 4.80. The van der Waals surface area contributed by atoms with E-state index < -0.39 is 0 Å². The summed E-state index contributed by atoms with van der Waals surface area (Å²) in [6, 6.07) is 17.4. The number of hydrogen-bond acceptors (Lipinski definition) is 6. The lowest BCUT2D eigenvalue weighted by Gasteiger charge is -2.36. The molecular weight excluding hydrogens is 456 g/mol. The average molecular weight is 487 g/mol. The summed E-state index contributed by atoms with van der Waals surface area (Å²) < 4.78 is 12.8. The molecule has 4 aromatic rings. The minimum Gasteiger partial charge on any atom is -0.497 e. The van der Waals surface area contributed by atoms with Crippen LogP contribution in [0.4, 0.5) is 5.69 Å². The maximum absolute atomic E-state index is 13.3. The van der Waals surface area contributed by atoms with Gasteiger partial charge in [-0.3, -0.25) is 9.89 Å². The Morgan fingerprint density at radius 3 is 2.39 bits per heavy atom. The van der Waals surface area contributed by atoms with Crippen molar-refractivity contribution in [2.75, 3.05) is 45.3 Å². The summed E-state index contributed by atoms with van der Waals surface area (Å²) >= 11 is 0. The molecular formula is C27H30N6O3. The number of hydrogen-bond donors (Lipinski definition) is 1. The molecule has 186 valence electrons. The number of amides is 1. The zero-order chi connectivity index (χ0) is 25.2. The summed E-state index contributed by atoms with van der Waals surface area (Å²) in [5.41, 5.74) is 6.12. The van der Waals surface area contributed by atoms with E-state index in [9.17, 15) is 4.79 Å². The highest BCUT2D eigenvalue weighted by atomic mass is 16.5. The Morgan fingerprint density at radius 1 is 0.944 bits per heavy atom. The number of piperazine rings is 1. The highest BCUT2D eigenvalue weighted by Gasteiger charge is 2.27. The van der Waals surface area contributed by atoms with Crippen LogP contribution in [-0.4, -0.2) is 71.2 Å². The van der Waals surface area contributed by atoms with E-state index in [2.05, 4.69) is 34.2 Å². The largest absolute Gasteiger partial charge is 0.497 e. The summed E-state index contributed by atoms with van der Waals surface area (Å²) in [6.07, 6.45) is 0. The fraction of sp³-hybridized carbons (Fsp3) is 0.296. The van der Waals surface area contributed by atoms with Crippen LogP contribution in [0.1, 0.15) is 21.9 Å². The number of anilines is 1. The van der Waals surface area contributed by atoms with Crippen LogP contribution in [0.25, 0.3) is 16.9 Å². The van der Waals surface area contributed by atoms with E-state index in [0.717, 1.165) is 41.4 Å². The number of carbonyl (C=O) groups is 1. The number of ether oxygens (including phenoxy) is 2. The summed E-state index contributed by atoms with van der Waals surface area (Å²) in [4.78, 5) is 17.4. The van der Waals surface area contributed by atoms with Crippen molar-refractivity contribution in [1.29, 1.82) is 0 Å². The zero-order valence-electron chi connectivity index (χ0n) is 21.0. The molecule has 36 heavy (non-hydrogen) atoms. The molecule has 0 unspecified atom stereocenters. The van der Waals surface area contributed by atoms with Gasteiger partial charge >= 0.3 is 0 Å². The van der Waals surface area contributed by atoms with Crippen molar-refractivity contribution in [2.45, 2.75) is 13.8 Å². The van der Waals surface area contributed by atoms with Crippen molar-refractivity contribution in [3.05, 3.63) is 71.7 Å². The van der Waals surface area contributed by atoms with Crippen molar-refractivity contribution in [3.8, 4) is 28.4 Å². The fourth-order valence-corrected chi connectivity index (χ4v) is 4.80. The molecule has 0 saturated carbocycles. The number of H-pyrrole nitrogens is 1. The van der Waals surface area contributed by atoms with Crippen molar-refractivity contribution >= 4 is 11.6 Å². The maximum atomic E-state index is 13.3. The molecule has 0 bridgehead atoms. The second-order valence-corrected chi connectivity index (χ2v) is 8.78. The SMILES string of the molecule is COc1ccc(OC)c(-c2cc(C(=O)N3CCN(c4c(C)nn(-c5ccccc5)c4C)CC3)[nH]n2)c1. The number of nitrogens with zero attached hydrogens (tertiary/aromatic N) is 5. The number of para-hydroxylation sites is 1. The van der Waals surface area contributed by atoms with Crippen LogP contribution in [0.5, 0.6) is 11.5 Å². The molecule has 1 N–H and O–H groups in total. The van der Waals surface area contributed by atoms with E-state index >= 15 is 0 Å². The van der Waals surface area contributed by atoms with Gasteiger partial charge < -0.3 is 19.3 Å². The molecule has 1 aliphatic rings. The number of carbonyl (C=O) groups excluding carboxylic acids is 1. The van der Waals surface area contributed by atoms with Crippen LogP contribution in [0.2, 0.25) is 0 Å². The van der Waals surface area contributed by atoms with E-state index in [1.54, 1.807) is 20.3 Å². The molecule has 0 radical (unpaired) electrons. The quantitative estimate of drug-likeness (QED) is 0.445. The molecule has 0 atom stereocenters. The first kappa shape index (κ1) is 23.5. The number of nitrogens with one attached hydrogen (secondary N) is 1. The molecule has 2 aromatic carbocycles. The van der Waals surface area contributed by atoms with Gasteiger partial charge in [0.1, 0.15) is 17.2 Å². The van der Waals surface area contributed by atoms with Crippen molar-refractivity contribution in [2.24, 2.45) is 0 Å². The standard InChI is InChI=1S/C27H30N6O3/c1-18-26(19(2)33(30-18)20-8-6-5-7-9-20)31-12-14-32(15-13-31)27(34)24-17-23(28-29-24)22-16-21(35-3)10-11-25(22)36-4/h5-11,16-17H,12-15H2,1-4H3,(H,28,29). The van der Waals surface area contributed by atoms with E-state index in [1.807, 2.05) is 52.9 Å². The number of aromatic nitrogens is 4. The second-order valence-electron chi connectivity index (χ2n) is 8.78. The van der Waals surface area contributed by atoms with Gasteiger partial charge in [-0.1, -0.05) is 18.2 Å². The molecule has 0 spiro atoms. The molecule has 1 aliphatic heterocycles. The molecule has 1 fully saturated rings. The topological polar surface area (TPSA) is 88.5 Å². The first-order valence-corrected chi connectivity index (χ1v) is 11.9. The Kier molecular flexibility index (Phi) is 6.37. The van der Waals surface area contributed by atoms with Gasteiger partial charge in [0.2, 0.25) is 0 Å². The van der Waals surface area contributed by atoms with Crippen LogP contribution in [0, 0.1) is 13.8 Å². The molecule has 5 rings (SSSR count). The van der Waals surface area contributed by atoms with Gasteiger partial charge in [0.05, 0.1) is 42.7 Å². The minimum absolute atomic E-state index is 0.0660. The molecule has 9 heteroatoms. The smallest absolute Gasteiger partial charge is 0.272 e. The Labute approximate surface area is 210 Å². The van der Waals surface area contributed by atoms with Crippen molar-refractivity contribution in [1.82, 2.24) is 24.9 Å². The number of rotatable bonds is 6. The molecule has 1 amide bonds. The predicted molar refractivity (Wildman–Crippen MR) is 138 cm³/mol. The number of benzene rings is 2. The summed E-state index contributed by atoms with van der Waals surface area (Å²) in [6.45, 7) is 6.84. The van der Waals surface area contributed by atoms with Gasteiger partial charge in [0, 0.05) is 31.7 Å². The Hall–Kier alpha value is -4.27. The van der Waals surface area contributed by atoms with Crippen LogP contribution in [-0.2, 0) is 0 Å². The highest BCUT2D eigenvalue weighted by molar-refractivity contribution is 5.93. The Bertz CT molecular complexity index is 1370. The monoisotopic (exact) mass is 486 g/mol. The Balaban J connectivity index is 1.29. The van der Waals surface area contributed by atoms with Crippen LogP contribution in [0.15, 0.2) is 54.6 Å². The summed E-state index contributed by atoms with van der Waals surface area (Å²) in [7, 11) is 3.22. The normalized spacial score (nSPS) is 13.7. The van der Waals surface area contributed by atoms with Crippen molar-refractivity contribution < 1.29 is 14.3 Å². The zero-order valence-corrected chi connectivity index (χ0v) is 21.0. The van der Waals surface area contributed by atoms with E-state index in [0.29, 0.717) is 36.0 Å². The average Bonchev–Trinajstić information content (AvgIpc) is 3.53. The van der Waals surface area contributed by atoms with Gasteiger partial charge in [-0.05, 0) is 50.2 Å². The van der Waals surface area contributed by atoms with Gasteiger partial charge in [-0.25, -0.2) is 4.68 Å². The minimum atomic E-state index is -0.0660. The number of methoxy groups -OCH3 is 2. The van der Waals surface area contributed by atoms with Crippen LogP contribution < -0.4 is 14.4 Å². The van der Waals surface area contributed by atoms with Gasteiger partial charge in [0.25, 0.3) is 5.91 Å². The third-order valence-electron chi connectivity index (χ3n) is 6.63. The predicted octanol–water partition coefficient (Wildman–Crippen LogP) is 3.86. The van der Waals surface area contributed by atoms with Crippen LogP contribution in [0.3, 0.4) is 0 Å². The summed E-state index contributed by atoms with van der Waals surface area (Å²) in [5, 5.41) is 12.1. The number of aryl methyl sites for hydroxylation is 1. The van der Waals surface area contributed by atoms with Crippen molar-refractivity contribution in [3.63, 3.8) is 0 Å². The van der Waals surface area contributed by atoms with E-state index in [-0.39, 0.29) is 5.91 Å². The van der Waals surface area contributed by atoms with E-state index in [4.69, 9.17) is 14.6 Å². The molecule has 2 aromatic heterocycles. The second kappa shape index (κ2) is 9.77.